The molecule has 10 heteroatoms. The molecule has 0 aliphatic carbocycles. The van der Waals surface area contributed by atoms with Crippen LogP contribution in [0.1, 0.15) is 82.3 Å². The smallest absolute Gasteiger partial charge is 0.319 e. The van der Waals surface area contributed by atoms with Crippen molar-refractivity contribution in [2.45, 2.75) is 82.4 Å². The van der Waals surface area contributed by atoms with Crippen LogP contribution in [-0.2, 0) is 30.5 Å². The highest BCUT2D eigenvalue weighted by Gasteiger charge is 2.42. The molecule has 1 aliphatic heterocycles. The fourth-order valence-electron chi connectivity index (χ4n) is 6.45. The van der Waals surface area contributed by atoms with Crippen LogP contribution in [-0.4, -0.2) is 81.0 Å². The van der Waals surface area contributed by atoms with Crippen molar-refractivity contribution < 1.29 is 27.4 Å². The van der Waals surface area contributed by atoms with Gasteiger partial charge in [-0.15, -0.1) is 0 Å². The van der Waals surface area contributed by atoms with Gasteiger partial charge in [0, 0.05) is 52.3 Å². The maximum absolute atomic E-state index is 14.0. The number of ether oxygens (including phenoxy) is 3. The van der Waals surface area contributed by atoms with Crippen molar-refractivity contribution in [3.05, 3.63) is 53.6 Å². The Balaban J connectivity index is 1.72. The molecule has 0 unspecified atom stereocenters. The number of methoxy groups -OCH3 is 1. The number of carbonyl (C=O) groups excluding carboxylic acids is 1. The number of nitrogens with zero attached hydrogens (tertiary/aromatic N) is 1. The van der Waals surface area contributed by atoms with Crippen LogP contribution in [0.25, 0.3) is 0 Å². The third-order valence-electron chi connectivity index (χ3n) is 8.79. The van der Waals surface area contributed by atoms with E-state index in [0.29, 0.717) is 56.6 Å². The first kappa shape index (κ1) is 37.8. The summed E-state index contributed by atoms with van der Waals surface area (Å²) in [5, 5.41) is 5.79. The molecule has 0 radical (unpaired) electrons. The van der Waals surface area contributed by atoms with Crippen molar-refractivity contribution in [1.29, 1.82) is 0 Å². The quantitative estimate of drug-likeness (QED) is 0.150. The van der Waals surface area contributed by atoms with Gasteiger partial charge in [0.1, 0.15) is 0 Å². The van der Waals surface area contributed by atoms with Gasteiger partial charge < -0.3 is 29.7 Å². The number of hydrogen-bond acceptors (Lipinski definition) is 7. The van der Waals surface area contributed by atoms with Crippen LogP contribution in [0.5, 0.6) is 0 Å². The van der Waals surface area contributed by atoms with Crippen LogP contribution >= 0.6 is 0 Å². The first-order valence-corrected chi connectivity index (χ1v) is 18.6. The van der Waals surface area contributed by atoms with Gasteiger partial charge >= 0.3 is 6.03 Å². The predicted molar refractivity (Wildman–Crippen MR) is 187 cm³/mol. The SMILES string of the molecule is CCCCC1(CCCC)C[C@H](Cc2cccc(NC(=O)NCCOCCOCCCOC)c2)c2cc(N(C)C)ccc2S(=O)(=O)C1. The lowest BCUT2D eigenvalue weighted by Gasteiger charge is -2.35. The van der Waals surface area contributed by atoms with Gasteiger partial charge in [0.05, 0.1) is 30.5 Å². The largest absolute Gasteiger partial charge is 0.385 e. The molecule has 0 aromatic heterocycles. The fraction of sp³-hybridized carbons (Fsp3) is 0.639. The first-order chi connectivity index (χ1) is 22.1. The number of unbranched alkanes of at least 4 members (excludes halogenated alkanes) is 2. The molecule has 46 heavy (non-hydrogen) atoms. The van der Waals surface area contributed by atoms with Crippen molar-refractivity contribution >= 4 is 27.2 Å². The number of hydrogen-bond donors (Lipinski definition) is 2. The number of nitrogens with one attached hydrogen (secondary N) is 2. The Bertz CT molecular complexity index is 1310. The summed E-state index contributed by atoms with van der Waals surface area (Å²) < 4.78 is 44.0. The van der Waals surface area contributed by atoms with Gasteiger partial charge in [-0.1, -0.05) is 51.7 Å². The fourth-order valence-corrected chi connectivity index (χ4v) is 8.68. The molecule has 258 valence electrons. The summed E-state index contributed by atoms with van der Waals surface area (Å²) >= 11 is 0. The zero-order valence-corrected chi connectivity index (χ0v) is 29.6. The molecule has 0 saturated carbocycles. The van der Waals surface area contributed by atoms with Crippen LogP contribution in [0.4, 0.5) is 16.2 Å². The van der Waals surface area contributed by atoms with Crippen molar-refractivity contribution in [3.63, 3.8) is 0 Å². The highest BCUT2D eigenvalue weighted by atomic mass is 32.2. The second-order valence-electron chi connectivity index (χ2n) is 12.8. The number of sulfone groups is 1. The molecule has 0 spiro atoms. The summed E-state index contributed by atoms with van der Waals surface area (Å²) in [6.07, 6.45) is 8.34. The van der Waals surface area contributed by atoms with E-state index in [-0.39, 0.29) is 23.1 Å². The van der Waals surface area contributed by atoms with Crippen molar-refractivity contribution in [3.8, 4) is 0 Å². The Morgan fingerprint density at radius 2 is 1.65 bits per heavy atom. The minimum atomic E-state index is -3.47. The van der Waals surface area contributed by atoms with E-state index >= 15 is 0 Å². The van der Waals surface area contributed by atoms with Crippen LogP contribution in [0.15, 0.2) is 47.4 Å². The van der Waals surface area contributed by atoms with E-state index in [9.17, 15) is 13.2 Å². The average molecular weight is 660 g/mol. The zero-order valence-electron chi connectivity index (χ0n) is 28.7. The summed E-state index contributed by atoms with van der Waals surface area (Å²) in [7, 11) is 2.18. The maximum atomic E-state index is 14.0. The number of fused-ring (bicyclic) bond motifs is 1. The van der Waals surface area contributed by atoms with Crippen LogP contribution < -0.4 is 15.5 Å². The zero-order chi connectivity index (χ0) is 33.4. The second-order valence-corrected chi connectivity index (χ2v) is 14.8. The topological polar surface area (TPSA) is 106 Å². The Morgan fingerprint density at radius 3 is 2.33 bits per heavy atom. The highest BCUT2D eigenvalue weighted by Crippen LogP contribution is 2.48. The highest BCUT2D eigenvalue weighted by molar-refractivity contribution is 7.91. The molecule has 3 rings (SSSR count). The second kappa shape index (κ2) is 19.2. The monoisotopic (exact) mass is 659 g/mol. The lowest BCUT2D eigenvalue weighted by molar-refractivity contribution is 0.0414. The Hall–Kier alpha value is -2.66. The number of urea groups is 1. The van der Waals surface area contributed by atoms with Gasteiger partial charge in [-0.25, -0.2) is 13.2 Å². The summed E-state index contributed by atoms with van der Waals surface area (Å²) in [4.78, 5) is 15.1. The number of benzene rings is 2. The lowest BCUT2D eigenvalue weighted by atomic mass is 9.71. The minimum absolute atomic E-state index is 0.0334. The van der Waals surface area contributed by atoms with Crippen LogP contribution in [0, 0.1) is 5.41 Å². The Labute approximate surface area is 277 Å². The average Bonchev–Trinajstić information content (AvgIpc) is 3.11. The molecule has 2 amide bonds. The molecule has 1 heterocycles. The van der Waals surface area contributed by atoms with E-state index < -0.39 is 9.84 Å². The van der Waals surface area contributed by atoms with Gasteiger partial charge in [-0.3, -0.25) is 0 Å². The lowest BCUT2D eigenvalue weighted by Crippen LogP contribution is -2.31. The molecule has 2 aromatic carbocycles. The Kier molecular flexibility index (Phi) is 15.8. The number of rotatable bonds is 20. The molecule has 2 N–H and O–H groups in total. The predicted octanol–water partition coefficient (Wildman–Crippen LogP) is 6.81. The van der Waals surface area contributed by atoms with Gasteiger partial charge in [0.2, 0.25) is 0 Å². The van der Waals surface area contributed by atoms with E-state index in [0.717, 1.165) is 68.2 Å². The number of anilines is 2. The summed E-state index contributed by atoms with van der Waals surface area (Å²) in [5.41, 5.74) is 3.42. The molecule has 1 atom stereocenters. The van der Waals surface area contributed by atoms with Crippen LogP contribution in [0.3, 0.4) is 0 Å². The third kappa shape index (κ3) is 11.9. The molecule has 0 saturated heterocycles. The van der Waals surface area contributed by atoms with Crippen LogP contribution in [0.2, 0.25) is 0 Å². The summed E-state index contributed by atoms with van der Waals surface area (Å²) in [5.74, 6) is 0.239. The van der Waals surface area contributed by atoms with Gasteiger partial charge in [0.15, 0.2) is 9.84 Å². The molecular formula is C36H57N3O6S. The number of amides is 2. The summed E-state index contributed by atoms with van der Waals surface area (Å²) in [6, 6.07) is 13.4. The normalized spacial score (nSPS) is 16.8. The molecule has 0 fully saturated rings. The standard InChI is InChI=1S/C36H57N3O6S/c1-6-8-16-36(17-9-7-2)27-30(33-26-32(39(3)4)14-15-34(33)46(41,42)28-36)24-29-12-10-13-31(25-29)38-35(40)37-18-21-45-23-22-44-20-11-19-43-5/h10,12-15,25-26,30H,6-9,11,16-24,27-28H2,1-5H3,(H2,37,38,40)/t30-/m0/s1. The minimum Gasteiger partial charge on any atom is -0.385 e. The molecule has 1 aliphatic rings. The molecule has 0 bridgehead atoms. The van der Waals surface area contributed by atoms with E-state index in [2.05, 4.69) is 36.6 Å². The van der Waals surface area contributed by atoms with E-state index in [4.69, 9.17) is 14.2 Å². The number of carbonyl (C=O) groups is 1. The maximum Gasteiger partial charge on any atom is 0.319 e. The van der Waals surface area contributed by atoms with Gasteiger partial charge in [-0.2, -0.15) is 0 Å². The van der Waals surface area contributed by atoms with E-state index in [1.807, 2.05) is 49.3 Å². The van der Waals surface area contributed by atoms with Crippen molar-refractivity contribution in [2.75, 3.05) is 76.8 Å². The van der Waals surface area contributed by atoms with Crippen molar-refractivity contribution in [2.24, 2.45) is 5.41 Å². The van der Waals surface area contributed by atoms with Crippen molar-refractivity contribution in [1.82, 2.24) is 5.32 Å². The van der Waals surface area contributed by atoms with Gasteiger partial charge in [-0.05, 0) is 84.9 Å². The molecule has 2 aromatic rings. The van der Waals surface area contributed by atoms with Gasteiger partial charge in [0.25, 0.3) is 0 Å². The third-order valence-corrected chi connectivity index (χ3v) is 10.8. The Morgan fingerprint density at radius 1 is 0.935 bits per heavy atom. The first-order valence-electron chi connectivity index (χ1n) is 17.0. The summed E-state index contributed by atoms with van der Waals surface area (Å²) in [6.45, 7) is 7.43. The molecule has 9 nitrogen and oxygen atoms in total. The van der Waals surface area contributed by atoms with E-state index in [1.165, 1.54) is 0 Å². The molecular weight excluding hydrogens is 602 g/mol. The van der Waals surface area contributed by atoms with E-state index in [1.54, 1.807) is 7.11 Å².